The second kappa shape index (κ2) is 20.8. The number of hydrogen-bond acceptors (Lipinski definition) is 3. The molecule has 3 nitrogen and oxygen atoms in total. The Morgan fingerprint density at radius 1 is 0.303 bits per heavy atom. The average Bonchev–Trinajstić information content (AvgIpc) is 1.58. The van der Waals surface area contributed by atoms with Crippen LogP contribution in [0.5, 0.6) is 0 Å². The number of halogens is 8. The normalized spacial score (nSPS) is 15.4. The van der Waals surface area contributed by atoms with Crippen LogP contribution in [0.1, 0.15) is 55.6 Å². The predicted octanol–water partition coefficient (Wildman–Crippen LogP) is 21.7. The van der Waals surface area contributed by atoms with Crippen molar-refractivity contribution in [2.24, 2.45) is 0 Å². The Morgan fingerprint density at radius 2 is 0.629 bits per heavy atom. The van der Waals surface area contributed by atoms with Gasteiger partial charge in [0.2, 0.25) is 0 Å². The fourth-order valence-corrected chi connectivity index (χ4v) is 13.8. The van der Waals surface area contributed by atoms with Crippen LogP contribution in [0.2, 0.25) is 0 Å². The zero-order chi connectivity index (χ0) is 61.0. The highest BCUT2D eigenvalue weighted by Gasteiger charge is 2.48. The lowest BCUT2D eigenvalue weighted by Gasteiger charge is -2.35. The quantitative estimate of drug-likeness (QED) is 0.0898. The van der Waals surface area contributed by atoms with Gasteiger partial charge in [0.1, 0.15) is 34.4 Å². The molecule has 0 amide bonds. The van der Waals surface area contributed by atoms with E-state index in [0.717, 1.165) is 90.0 Å². The maximum Gasteiger partial charge on any atom is 0.161 e. The first-order valence-electron chi connectivity index (χ1n) is 28.6. The Balaban J connectivity index is 0.939. The van der Waals surface area contributed by atoms with E-state index in [0.29, 0.717) is 45.4 Å². The Morgan fingerprint density at radius 3 is 1.01 bits per heavy atom. The number of furan rings is 1. The van der Waals surface area contributed by atoms with Crippen molar-refractivity contribution in [3.05, 3.63) is 358 Å². The molecule has 89 heavy (non-hydrogen) atoms. The van der Waals surface area contributed by atoms with E-state index >= 15 is 26.3 Å². The molecule has 430 valence electrons. The molecule has 12 aromatic carbocycles. The van der Waals surface area contributed by atoms with E-state index in [4.69, 9.17) is 4.42 Å². The monoisotopic (exact) mass is 1180 g/mol. The van der Waals surface area contributed by atoms with Crippen LogP contribution in [-0.4, -0.2) is 0 Å². The van der Waals surface area contributed by atoms with Gasteiger partial charge in [-0.1, -0.05) is 159 Å². The molecule has 2 aliphatic carbocycles. The van der Waals surface area contributed by atoms with Crippen LogP contribution in [0.3, 0.4) is 0 Å². The molecule has 11 heteroatoms. The Hall–Kier alpha value is -11.0. The van der Waals surface area contributed by atoms with Gasteiger partial charge in [-0.25, -0.2) is 35.1 Å². The largest absolute Gasteiger partial charge is 0.456 e. The third-order valence-corrected chi connectivity index (χ3v) is 17.7. The molecule has 2 atom stereocenters. The summed E-state index contributed by atoms with van der Waals surface area (Å²) in [6, 6.07) is 68.0. The van der Waals surface area contributed by atoms with Crippen LogP contribution in [-0.2, 0) is 10.8 Å². The van der Waals surface area contributed by atoms with Crippen LogP contribution in [0, 0.1) is 46.5 Å². The summed E-state index contributed by atoms with van der Waals surface area (Å²) in [4.78, 5) is 2.98. The molecule has 0 N–H and O–H groups in total. The molecular formula is C78H46F8N2O. The van der Waals surface area contributed by atoms with Crippen LogP contribution in [0.4, 0.5) is 69.2 Å². The minimum absolute atomic E-state index is 0.286. The van der Waals surface area contributed by atoms with E-state index in [1.807, 2.05) is 121 Å². The Kier molecular flexibility index (Phi) is 12.8. The smallest absolute Gasteiger partial charge is 0.161 e. The minimum Gasteiger partial charge on any atom is -0.456 e. The summed E-state index contributed by atoms with van der Waals surface area (Å²) in [5.41, 5.74) is 10.7. The standard InChI is InChI=1S/C78H46F8N2O/c1-3-45-13-17-47(18-14-45)77(49-21-25-51(79)26-22-49)63-11-7-5-9-57(63)59-33-29-55(39-65(59)77)87(73-43-69(83)67(81)41-71(73)85)53-31-35-75-61(37-53)62-38-54(32-36-76(62)89-75)88(74-44-70(84)68(82)42-72(74)86)56-30-34-60-58-10-6-8-12-64(58)78(66(60)40-56,50-23-27-52(80)28-24-50)48-19-15-46(4-2)16-20-48/h3-44H,1-2H2. The van der Waals surface area contributed by atoms with Gasteiger partial charge in [0.25, 0.3) is 0 Å². The summed E-state index contributed by atoms with van der Waals surface area (Å²) in [6.07, 6.45) is 3.47. The first-order valence-corrected chi connectivity index (χ1v) is 28.6. The summed E-state index contributed by atoms with van der Waals surface area (Å²) in [5, 5.41) is 0.912. The molecule has 0 fully saturated rings. The number of rotatable bonds is 12. The maximum absolute atomic E-state index is 16.8. The van der Waals surface area contributed by atoms with Crippen LogP contribution in [0.15, 0.2) is 260 Å². The van der Waals surface area contributed by atoms with Gasteiger partial charge in [0.15, 0.2) is 23.3 Å². The summed E-state index contributed by atoms with van der Waals surface area (Å²) in [7, 11) is 0. The van der Waals surface area contributed by atoms with E-state index in [-0.39, 0.29) is 22.7 Å². The van der Waals surface area contributed by atoms with Crippen molar-refractivity contribution in [1.82, 2.24) is 0 Å². The van der Waals surface area contributed by atoms with Gasteiger partial charge in [-0.2, -0.15) is 0 Å². The third-order valence-electron chi connectivity index (χ3n) is 17.7. The molecule has 0 radical (unpaired) electrons. The van der Waals surface area contributed by atoms with Crippen molar-refractivity contribution in [3.8, 4) is 22.3 Å². The van der Waals surface area contributed by atoms with Crippen molar-refractivity contribution in [3.63, 3.8) is 0 Å². The first-order chi connectivity index (χ1) is 43.3. The van der Waals surface area contributed by atoms with Gasteiger partial charge in [0.05, 0.1) is 22.2 Å². The molecule has 15 rings (SSSR count). The molecule has 0 spiro atoms. The second-order valence-electron chi connectivity index (χ2n) is 22.3. The molecule has 13 aromatic rings. The Bertz CT molecular complexity index is 4740. The summed E-state index contributed by atoms with van der Waals surface area (Å²) >= 11 is 0. The molecule has 0 saturated heterocycles. The maximum atomic E-state index is 16.8. The SMILES string of the molecule is C=Cc1ccc(C2(c3ccc(F)cc3)c3ccccc3-c3ccc(N(c4ccc5oc6ccc(N(c7ccc8c(c7)C(c7ccc(F)cc7)(c7ccc(C=C)cc7)c7ccccc7-8)c7cc(F)c(F)cc7F)cc6c5c4)c4cc(F)c(F)cc4F)cc32)cc1. The van der Waals surface area contributed by atoms with E-state index in [1.165, 1.54) is 34.1 Å². The zero-order valence-electron chi connectivity index (χ0n) is 47.0. The van der Waals surface area contributed by atoms with Crippen molar-refractivity contribution in [2.75, 3.05) is 9.80 Å². The molecule has 0 saturated carbocycles. The molecule has 1 aromatic heterocycles. The second-order valence-corrected chi connectivity index (χ2v) is 22.3. The first kappa shape index (κ1) is 54.6. The minimum atomic E-state index is -1.39. The lowest BCUT2D eigenvalue weighted by molar-refractivity contribution is 0.495. The van der Waals surface area contributed by atoms with Gasteiger partial charge < -0.3 is 14.2 Å². The van der Waals surface area contributed by atoms with Crippen molar-refractivity contribution in [1.29, 1.82) is 0 Å². The van der Waals surface area contributed by atoms with Crippen LogP contribution < -0.4 is 9.80 Å². The highest BCUT2D eigenvalue weighted by molar-refractivity contribution is 6.08. The number of benzene rings is 12. The van der Waals surface area contributed by atoms with Gasteiger partial charge >= 0.3 is 0 Å². The van der Waals surface area contributed by atoms with Gasteiger partial charge in [-0.15, -0.1) is 0 Å². The molecular weight excluding hydrogens is 1130 g/mol. The predicted molar refractivity (Wildman–Crippen MR) is 338 cm³/mol. The topological polar surface area (TPSA) is 19.6 Å². The fourth-order valence-electron chi connectivity index (χ4n) is 13.8. The van der Waals surface area contributed by atoms with Crippen LogP contribution >= 0.6 is 0 Å². The fraction of sp³-hybridized carbons (Fsp3) is 0.0256. The van der Waals surface area contributed by atoms with E-state index in [2.05, 4.69) is 13.2 Å². The number of fused-ring (bicyclic) bond motifs is 9. The number of anilines is 6. The molecule has 0 aliphatic heterocycles. The Labute approximate surface area is 506 Å². The highest BCUT2D eigenvalue weighted by atomic mass is 19.2. The summed E-state index contributed by atoms with van der Waals surface area (Å²) in [6.45, 7) is 7.92. The van der Waals surface area contributed by atoms with Crippen molar-refractivity contribution >= 4 is 68.2 Å². The van der Waals surface area contributed by atoms with Gasteiger partial charge in [-0.05, 0) is 163 Å². The number of hydrogen-bond donors (Lipinski definition) is 0. The molecule has 0 bridgehead atoms. The van der Waals surface area contributed by atoms with Crippen molar-refractivity contribution in [2.45, 2.75) is 10.8 Å². The van der Waals surface area contributed by atoms with Gasteiger partial charge in [0, 0.05) is 57.8 Å². The van der Waals surface area contributed by atoms with Crippen LogP contribution in [0.25, 0.3) is 56.3 Å². The highest BCUT2D eigenvalue weighted by Crippen LogP contribution is 2.60. The van der Waals surface area contributed by atoms with Gasteiger partial charge in [-0.3, -0.25) is 0 Å². The summed E-state index contributed by atoms with van der Waals surface area (Å²) in [5.74, 6) is -8.41. The number of nitrogens with zero attached hydrogens (tertiary/aromatic N) is 2. The zero-order valence-corrected chi connectivity index (χ0v) is 47.0. The third kappa shape index (κ3) is 8.40. The molecule has 2 unspecified atom stereocenters. The van der Waals surface area contributed by atoms with E-state index < -0.39 is 57.4 Å². The lowest BCUT2D eigenvalue weighted by atomic mass is 9.67. The molecule has 2 aliphatic rings. The van der Waals surface area contributed by atoms with Crippen molar-refractivity contribution < 1.29 is 39.5 Å². The lowest BCUT2D eigenvalue weighted by Crippen LogP contribution is -2.29. The summed E-state index contributed by atoms with van der Waals surface area (Å²) < 4.78 is 132. The van der Waals surface area contributed by atoms with E-state index in [1.54, 1.807) is 84.9 Å². The average molecular weight is 1180 g/mol. The molecule has 1 heterocycles. The van der Waals surface area contributed by atoms with E-state index in [9.17, 15) is 8.78 Å².